The van der Waals surface area contributed by atoms with Crippen LogP contribution in [0.3, 0.4) is 0 Å². The smallest absolute Gasteiger partial charge is 0.266 e. The summed E-state index contributed by atoms with van der Waals surface area (Å²) in [5.41, 5.74) is 2.57. The molecule has 1 aromatic heterocycles. The van der Waals surface area contributed by atoms with E-state index in [9.17, 15) is 9.59 Å². The molecule has 0 bridgehead atoms. The van der Waals surface area contributed by atoms with Crippen LogP contribution in [0.2, 0.25) is 0 Å². The van der Waals surface area contributed by atoms with Gasteiger partial charge < -0.3 is 4.90 Å². The van der Waals surface area contributed by atoms with E-state index in [4.69, 9.17) is 4.98 Å². The fraction of sp³-hybridized carbons (Fsp3) is 0.348. The van der Waals surface area contributed by atoms with E-state index in [1.165, 1.54) is 11.8 Å². The van der Waals surface area contributed by atoms with Crippen molar-refractivity contribution in [2.45, 2.75) is 38.8 Å². The number of hydrogen-bond acceptors (Lipinski definition) is 4. The standard InChI is InChI=1S/C23H27N3O2S/c1-4-25(5-2)21(27)11-8-16-29-23-24-20-10-7-6-9-19(20)22(28)26(23)18-14-12-17(3)13-15-18/h6-7,9-10,12-15H,4-5,8,11,16H2,1-3H3. The Balaban J connectivity index is 1.86. The summed E-state index contributed by atoms with van der Waals surface area (Å²) in [6.07, 6.45) is 1.26. The van der Waals surface area contributed by atoms with Crippen molar-refractivity contribution in [2.75, 3.05) is 18.8 Å². The molecule has 29 heavy (non-hydrogen) atoms. The molecule has 0 aliphatic rings. The summed E-state index contributed by atoms with van der Waals surface area (Å²) in [5, 5.41) is 1.27. The second kappa shape index (κ2) is 9.74. The van der Waals surface area contributed by atoms with E-state index in [1.807, 2.05) is 74.2 Å². The van der Waals surface area contributed by atoms with E-state index < -0.39 is 0 Å². The van der Waals surface area contributed by atoms with Gasteiger partial charge in [-0.3, -0.25) is 14.2 Å². The minimum Gasteiger partial charge on any atom is -0.343 e. The first-order chi connectivity index (χ1) is 14.0. The number of amides is 1. The van der Waals surface area contributed by atoms with Gasteiger partial charge >= 0.3 is 0 Å². The highest BCUT2D eigenvalue weighted by molar-refractivity contribution is 7.99. The molecule has 3 aromatic rings. The minimum atomic E-state index is -0.0684. The summed E-state index contributed by atoms with van der Waals surface area (Å²) in [4.78, 5) is 32.0. The Kier molecular flexibility index (Phi) is 7.09. The lowest BCUT2D eigenvalue weighted by atomic mass is 10.2. The average molecular weight is 410 g/mol. The first-order valence-corrected chi connectivity index (χ1v) is 11.0. The number of carbonyl (C=O) groups is 1. The molecule has 2 aromatic carbocycles. The number of para-hydroxylation sites is 1. The highest BCUT2D eigenvalue weighted by Gasteiger charge is 2.14. The topological polar surface area (TPSA) is 55.2 Å². The molecule has 0 aliphatic carbocycles. The third-order valence-corrected chi connectivity index (χ3v) is 5.94. The maximum Gasteiger partial charge on any atom is 0.266 e. The zero-order chi connectivity index (χ0) is 20.8. The van der Waals surface area contributed by atoms with Gasteiger partial charge in [0.15, 0.2) is 5.16 Å². The van der Waals surface area contributed by atoms with Crippen LogP contribution in [0.5, 0.6) is 0 Å². The Morgan fingerprint density at radius 1 is 1.07 bits per heavy atom. The Hall–Kier alpha value is -2.60. The summed E-state index contributed by atoms with van der Waals surface area (Å²) in [6.45, 7) is 7.49. The Labute approximate surface area is 175 Å². The van der Waals surface area contributed by atoms with Crippen molar-refractivity contribution in [2.24, 2.45) is 0 Å². The lowest BCUT2D eigenvalue weighted by Gasteiger charge is -2.18. The molecule has 0 N–H and O–H groups in total. The fourth-order valence-electron chi connectivity index (χ4n) is 3.25. The number of rotatable bonds is 8. The van der Waals surface area contributed by atoms with Crippen LogP contribution in [-0.4, -0.2) is 39.2 Å². The normalized spacial score (nSPS) is 11.0. The SMILES string of the molecule is CCN(CC)C(=O)CCCSc1nc2ccccc2c(=O)n1-c1ccc(C)cc1. The van der Waals surface area contributed by atoms with Crippen LogP contribution in [0.15, 0.2) is 58.5 Å². The van der Waals surface area contributed by atoms with Gasteiger partial charge in [-0.15, -0.1) is 0 Å². The molecule has 0 spiro atoms. The summed E-state index contributed by atoms with van der Waals surface area (Å²) in [5.74, 6) is 0.905. The molecule has 0 radical (unpaired) electrons. The van der Waals surface area contributed by atoms with E-state index in [-0.39, 0.29) is 11.5 Å². The Morgan fingerprint density at radius 3 is 2.45 bits per heavy atom. The lowest BCUT2D eigenvalue weighted by molar-refractivity contribution is -0.130. The van der Waals surface area contributed by atoms with Gasteiger partial charge in [0, 0.05) is 25.3 Å². The molecule has 1 heterocycles. The zero-order valence-electron chi connectivity index (χ0n) is 17.2. The first kappa shape index (κ1) is 21.1. The van der Waals surface area contributed by atoms with Crippen LogP contribution in [0, 0.1) is 6.92 Å². The summed E-state index contributed by atoms with van der Waals surface area (Å²) in [6, 6.07) is 15.3. The number of benzene rings is 2. The predicted octanol–water partition coefficient (Wildman–Crippen LogP) is 4.43. The quantitative estimate of drug-likeness (QED) is 0.314. The van der Waals surface area contributed by atoms with Gasteiger partial charge in [-0.2, -0.15) is 0 Å². The Morgan fingerprint density at radius 2 is 1.76 bits per heavy atom. The average Bonchev–Trinajstić information content (AvgIpc) is 2.73. The van der Waals surface area contributed by atoms with Crippen LogP contribution in [0.25, 0.3) is 16.6 Å². The number of aromatic nitrogens is 2. The van der Waals surface area contributed by atoms with Gasteiger partial charge in [-0.25, -0.2) is 4.98 Å². The number of carbonyl (C=O) groups excluding carboxylic acids is 1. The molecule has 0 aliphatic heterocycles. The third kappa shape index (κ3) is 4.88. The van der Waals surface area contributed by atoms with E-state index in [2.05, 4.69) is 0 Å². The van der Waals surface area contributed by atoms with Gasteiger partial charge in [0.1, 0.15) is 0 Å². The van der Waals surface area contributed by atoms with Gasteiger partial charge in [-0.05, 0) is 51.5 Å². The molecule has 1 amide bonds. The number of thioether (sulfide) groups is 1. The maximum absolute atomic E-state index is 13.2. The first-order valence-electron chi connectivity index (χ1n) is 10.0. The second-order valence-corrected chi connectivity index (χ2v) is 7.97. The number of fused-ring (bicyclic) bond motifs is 1. The summed E-state index contributed by atoms with van der Waals surface area (Å²) < 4.78 is 1.68. The molecule has 0 atom stereocenters. The lowest BCUT2D eigenvalue weighted by Crippen LogP contribution is -2.30. The molecular formula is C23H27N3O2S. The van der Waals surface area contributed by atoms with Crippen molar-refractivity contribution in [3.63, 3.8) is 0 Å². The van der Waals surface area contributed by atoms with Crippen LogP contribution in [0.4, 0.5) is 0 Å². The van der Waals surface area contributed by atoms with E-state index in [0.29, 0.717) is 22.5 Å². The van der Waals surface area contributed by atoms with E-state index in [0.717, 1.165) is 36.5 Å². The number of hydrogen-bond donors (Lipinski definition) is 0. The van der Waals surface area contributed by atoms with Crippen molar-refractivity contribution in [1.82, 2.24) is 14.5 Å². The molecule has 5 nitrogen and oxygen atoms in total. The van der Waals surface area contributed by atoms with Crippen LogP contribution < -0.4 is 5.56 Å². The van der Waals surface area contributed by atoms with Crippen molar-refractivity contribution in [1.29, 1.82) is 0 Å². The third-order valence-electron chi connectivity index (χ3n) is 4.92. The van der Waals surface area contributed by atoms with Crippen molar-refractivity contribution < 1.29 is 4.79 Å². The second-order valence-electron chi connectivity index (χ2n) is 6.91. The van der Waals surface area contributed by atoms with Gasteiger partial charge in [0.2, 0.25) is 5.91 Å². The van der Waals surface area contributed by atoms with Crippen LogP contribution in [-0.2, 0) is 4.79 Å². The molecule has 6 heteroatoms. The van der Waals surface area contributed by atoms with Gasteiger partial charge in [0.25, 0.3) is 5.56 Å². The molecule has 0 saturated heterocycles. The van der Waals surface area contributed by atoms with Crippen molar-refractivity contribution in [3.05, 3.63) is 64.4 Å². The number of nitrogens with zero attached hydrogens (tertiary/aromatic N) is 3. The van der Waals surface area contributed by atoms with Crippen molar-refractivity contribution in [3.8, 4) is 5.69 Å². The van der Waals surface area contributed by atoms with Crippen molar-refractivity contribution >= 4 is 28.6 Å². The van der Waals surface area contributed by atoms with Crippen LogP contribution in [0.1, 0.15) is 32.3 Å². The summed E-state index contributed by atoms with van der Waals surface area (Å²) in [7, 11) is 0. The summed E-state index contributed by atoms with van der Waals surface area (Å²) >= 11 is 1.53. The molecule has 152 valence electrons. The molecule has 0 unspecified atom stereocenters. The molecular weight excluding hydrogens is 382 g/mol. The molecule has 0 saturated carbocycles. The van der Waals surface area contributed by atoms with E-state index in [1.54, 1.807) is 4.57 Å². The predicted molar refractivity (Wildman–Crippen MR) is 120 cm³/mol. The monoisotopic (exact) mass is 409 g/mol. The number of aryl methyl sites for hydroxylation is 1. The van der Waals surface area contributed by atoms with E-state index >= 15 is 0 Å². The molecule has 3 rings (SSSR count). The van der Waals surface area contributed by atoms with Crippen LogP contribution >= 0.6 is 11.8 Å². The fourth-order valence-corrected chi connectivity index (χ4v) is 4.20. The minimum absolute atomic E-state index is 0.0684. The zero-order valence-corrected chi connectivity index (χ0v) is 18.0. The molecule has 0 fully saturated rings. The largest absolute Gasteiger partial charge is 0.343 e. The van der Waals surface area contributed by atoms with Gasteiger partial charge in [-0.1, -0.05) is 41.6 Å². The highest BCUT2D eigenvalue weighted by Crippen LogP contribution is 2.22. The van der Waals surface area contributed by atoms with Gasteiger partial charge in [0.05, 0.1) is 16.6 Å². The highest BCUT2D eigenvalue weighted by atomic mass is 32.2. The Bertz CT molecular complexity index is 1040. The maximum atomic E-state index is 13.2.